The fourth-order valence-corrected chi connectivity index (χ4v) is 3.95. The number of fused-ring (bicyclic) bond motifs is 3. The van der Waals surface area contributed by atoms with Gasteiger partial charge in [0, 0.05) is 21.9 Å². The Labute approximate surface area is 147 Å². The maximum Gasteiger partial charge on any atom is 0.266 e. The number of rotatable bonds is 3. The van der Waals surface area contributed by atoms with Crippen LogP contribution < -0.4 is 20.8 Å². The first-order valence-corrected chi connectivity index (χ1v) is 8.56. The molecule has 6 heteroatoms. The van der Waals surface area contributed by atoms with Crippen LogP contribution in [0, 0.1) is 0 Å². The topological polar surface area (TPSA) is 77.3 Å². The number of methoxy groups -OCH3 is 2. The highest BCUT2D eigenvalue weighted by atomic mass is 32.1. The second kappa shape index (κ2) is 5.82. The minimum absolute atomic E-state index is 0.0801. The molecule has 4 rings (SSSR count). The molecule has 0 aliphatic carbocycles. The quantitative estimate of drug-likeness (QED) is 0.546. The minimum atomic E-state index is -0.0801. The van der Waals surface area contributed by atoms with Crippen molar-refractivity contribution < 1.29 is 9.47 Å². The molecule has 0 amide bonds. The van der Waals surface area contributed by atoms with Crippen LogP contribution in [0.4, 0.5) is 5.69 Å². The minimum Gasteiger partial charge on any atom is -0.496 e. The number of nitrogens with one attached hydrogen (secondary N) is 1. The van der Waals surface area contributed by atoms with Crippen LogP contribution in [0.3, 0.4) is 0 Å². The number of nitrogen functional groups attached to an aromatic ring is 1. The third-order valence-corrected chi connectivity index (χ3v) is 5.21. The van der Waals surface area contributed by atoms with Gasteiger partial charge in [-0.05, 0) is 41.3 Å². The van der Waals surface area contributed by atoms with Crippen molar-refractivity contribution in [3.63, 3.8) is 0 Å². The van der Waals surface area contributed by atoms with Crippen molar-refractivity contribution in [2.45, 2.75) is 0 Å². The summed E-state index contributed by atoms with van der Waals surface area (Å²) in [5, 5.41) is 3.78. The van der Waals surface area contributed by atoms with Crippen molar-refractivity contribution in [1.82, 2.24) is 4.98 Å². The summed E-state index contributed by atoms with van der Waals surface area (Å²) < 4.78 is 11.7. The standard InChI is InChI=1S/C19H16N2O3S/c1-23-14-6-5-13-17(11-7-8-25-18(11)19(22)21-13)16(14)10-3-4-12(20)15(9-10)24-2/h3-9H,20H2,1-2H3,(H,21,22). The van der Waals surface area contributed by atoms with E-state index in [1.807, 2.05) is 41.8 Å². The van der Waals surface area contributed by atoms with Crippen LogP contribution in [-0.4, -0.2) is 19.2 Å². The molecular weight excluding hydrogens is 336 g/mol. The Hall–Kier alpha value is -2.99. The van der Waals surface area contributed by atoms with Gasteiger partial charge in [-0.3, -0.25) is 4.79 Å². The SMILES string of the molecule is COc1cc(-c2c(OC)ccc3[nH]c(=O)c4sccc4c23)ccc1N. The monoisotopic (exact) mass is 352 g/mol. The first kappa shape index (κ1) is 15.5. The average molecular weight is 352 g/mol. The van der Waals surface area contributed by atoms with E-state index in [2.05, 4.69) is 4.98 Å². The lowest BCUT2D eigenvalue weighted by molar-refractivity contribution is 0.415. The van der Waals surface area contributed by atoms with Crippen molar-refractivity contribution in [2.75, 3.05) is 20.0 Å². The molecule has 0 unspecified atom stereocenters. The largest absolute Gasteiger partial charge is 0.496 e. The van der Waals surface area contributed by atoms with Crippen molar-refractivity contribution in [1.29, 1.82) is 0 Å². The molecular formula is C19H16N2O3S. The first-order valence-electron chi connectivity index (χ1n) is 7.68. The molecule has 2 aromatic heterocycles. The summed E-state index contributed by atoms with van der Waals surface area (Å²) in [4.78, 5) is 15.3. The fourth-order valence-electron chi connectivity index (χ4n) is 3.15. The van der Waals surface area contributed by atoms with E-state index < -0.39 is 0 Å². The molecule has 2 heterocycles. The molecule has 0 saturated carbocycles. The Morgan fingerprint density at radius 1 is 1.04 bits per heavy atom. The highest BCUT2D eigenvalue weighted by molar-refractivity contribution is 7.17. The van der Waals surface area contributed by atoms with E-state index in [0.29, 0.717) is 16.1 Å². The number of pyridine rings is 1. The third-order valence-electron chi connectivity index (χ3n) is 4.30. The Morgan fingerprint density at radius 3 is 2.60 bits per heavy atom. The lowest BCUT2D eigenvalue weighted by Gasteiger charge is -2.15. The smallest absolute Gasteiger partial charge is 0.266 e. The Morgan fingerprint density at radius 2 is 1.84 bits per heavy atom. The molecule has 0 atom stereocenters. The summed E-state index contributed by atoms with van der Waals surface area (Å²) in [7, 11) is 3.22. The number of hydrogen-bond acceptors (Lipinski definition) is 5. The normalized spacial score (nSPS) is 11.1. The molecule has 0 saturated heterocycles. The number of nitrogens with two attached hydrogens (primary N) is 1. The van der Waals surface area contributed by atoms with Gasteiger partial charge in [0.25, 0.3) is 5.56 Å². The van der Waals surface area contributed by atoms with Gasteiger partial charge in [-0.1, -0.05) is 6.07 Å². The van der Waals surface area contributed by atoms with Gasteiger partial charge in [-0.25, -0.2) is 0 Å². The number of ether oxygens (including phenoxy) is 2. The zero-order chi connectivity index (χ0) is 17.6. The number of aromatic nitrogens is 1. The molecule has 0 bridgehead atoms. The molecule has 5 nitrogen and oxygen atoms in total. The number of H-pyrrole nitrogens is 1. The maximum atomic E-state index is 12.3. The first-order chi connectivity index (χ1) is 12.1. The summed E-state index contributed by atoms with van der Waals surface area (Å²) in [5.74, 6) is 1.32. The van der Waals surface area contributed by atoms with Gasteiger partial charge in [0.2, 0.25) is 0 Å². The Bertz CT molecular complexity index is 1160. The van der Waals surface area contributed by atoms with Crippen LogP contribution in [0.2, 0.25) is 0 Å². The predicted molar refractivity (Wildman–Crippen MR) is 103 cm³/mol. The van der Waals surface area contributed by atoms with Crippen LogP contribution in [0.5, 0.6) is 11.5 Å². The molecule has 4 aromatic rings. The molecule has 0 aliphatic heterocycles. The number of thiophene rings is 1. The van der Waals surface area contributed by atoms with E-state index in [1.54, 1.807) is 14.2 Å². The Balaban J connectivity index is 2.18. The summed E-state index contributed by atoms with van der Waals surface area (Å²) in [6.45, 7) is 0. The van der Waals surface area contributed by atoms with Crippen LogP contribution >= 0.6 is 11.3 Å². The molecule has 3 N–H and O–H groups in total. The van der Waals surface area contributed by atoms with E-state index in [4.69, 9.17) is 15.2 Å². The lowest BCUT2D eigenvalue weighted by Crippen LogP contribution is -2.05. The van der Waals surface area contributed by atoms with Gasteiger partial charge in [-0.15, -0.1) is 11.3 Å². The van der Waals surface area contributed by atoms with Crippen LogP contribution in [0.1, 0.15) is 0 Å². The highest BCUT2D eigenvalue weighted by Crippen LogP contribution is 2.41. The zero-order valence-corrected chi connectivity index (χ0v) is 14.6. The summed E-state index contributed by atoms with van der Waals surface area (Å²) in [5.41, 5.74) is 9.02. The van der Waals surface area contributed by atoms with Crippen LogP contribution in [0.25, 0.3) is 32.1 Å². The van der Waals surface area contributed by atoms with Gasteiger partial charge in [0.15, 0.2) is 0 Å². The molecule has 0 aliphatic rings. The number of hydrogen-bond donors (Lipinski definition) is 2. The molecule has 2 aromatic carbocycles. The van der Waals surface area contributed by atoms with Crippen LogP contribution in [0.15, 0.2) is 46.6 Å². The van der Waals surface area contributed by atoms with Crippen molar-refractivity contribution in [3.8, 4) is 22.6 Å². The summed E-state index contributed by atoms with van der Waals surface area (Å²) >= 11 is 1.43. The Kier molecular flexibility index (Phi) is 3.62. The lowest BCUT2D eigenvalue weighted by atomic mass is 9.97. The van der Waals surface area contributed by atoms with Crippen LogP contribution in [-0.2, 0) is 0 Å². The number of aromatic amines is 1. The second-order valence-electron chi connectivity index (χ2n) is 5.64. The highest BCUT2D eigenvalue weighted by Gasteiger charge is 2.17. The van der Waals surface area contributed by atoms with E-state index in [1.165, 1.54) is 11.3 Å². The van der Waals surface area contributed by atoms with E-state index in [0.717, 1.165) is 33.2 Å². The molecule has 0 spiro atoms. The molecule has 25 heavy (non-hydrogen) atoms. The van der Waals surface area contributed by atoms with Gasteiger partial charge < -0.3 is 20.2 Å². The zero-order valence-electron chi connectivity index (χ0n) is 13.8. The summed E-state index contributed by atoms with van der Waals surface area (Å²) in [6, 6.07) is 11.3. The third kappa shape index (κ3) is 2.34. The van der Waals surface area contributed by atoms with Crippen molar-refractivity contribution >= 4 is 38.0 Å². The van der Waals surface area contributed by atoms with E-state index >= 15 is 0 Å². The van der Waals surface area contributed by atoms with Crippen molar-refractivity contribution in [3.05, 3.63) is 52.1 Å². The van der Waals surface area contributed by atoms with Gasteiger partial charge in [-0.2, -0.15) is 0 Å². The summed E-state index contributed by atoms with van der Waals surface area (Å²) in [6.07, 6.45) is 0. The average Bonchev–Trinajstić information content (AvgIpc) is 3.12. The molecule has 0 radical (unpaired) electrons. The maximum absolute atomic E-state index is 12.3. The fraction of sp³-hybridized carbons (Fsp3) is 0.105. The van der Waals surface area contributed by atoms with Gasteiger partial charge in [0.05, 0.1) is 19.9 Å². The van der Waals surface area contributed by atoms with E-state index in [9.17, 15) is 4.79 Å². The second-order valence-corrected chi connectivity index (χ2v) is 6.56. The van der Waals surface area contributed by atoms with E-state index in [-0.39, 0.29) is 5.56 Å². The van der Waals surface area contributed by atoms with Crippen molar-refractivity contribution in [2.24, 2.45) is 0 Å². The molecule has 0 fully saturated rings. The number of anilines is 1. The number of benzene rings is 2. The van der Waals surface area contributed by atoms with Gasteiger partial charge >= 0.3 is 0 Å². The molecule has 126 valence electrons. The predicted octanol–water partition coefficient (Wildman–Crippen LogP) is 4.01. The van der Waals surface area contributed by atoms with Gasteiger partial charge in [0.1, 0.15) is 16.2 Å².